The van der Waals surface area contributed by atoms with Gasteiger partial charge in [-0.3, -0.25) is 18.9 Å². The fourth-order valence-electron chi connectivity index (χ4n) is 4.48. The quantitative estimate of drug-likeness (QED) is 0.310. The first-order chi connectivity index (χ1) is 19.0. The molecule has 2 aromatic carbocycles. The Morgan fingerprint density at radius 1 is 1.15 bits per heavy atom. The lowest BCUT2D eigenvalue weighted by molar-refractivity contribution is -0.0592. The molecule has 12 heteroatoms. The number of rotatable bonds is 12. The number of aliphatic hydroxyl groups excluding tert-OH is 1. The number of nitrogens with one attached hydrogen (secondary N) is 1. The van der Waals surface area contributed by atoms with Crippen LogP contribution in [0.5, 0.6) is 5.75 Å². The van der Waals surface area contributed by atoms with Crippen molar-refractivity contribution in [2.75, 3.05) is 19.4 Å². The van der Waals surface area contributed by atoms with Gasteiger partial charge in [0.05, 0.1) is 26.0 Å². The first-order valence-electron chi connectivity index (χ1n) is 12.9. The molecule has 1 aliphatic rings. The van der Waals surface area contributed by atoms with E-state index >= 15 is 4.39 Å². The third kappa shape index (κ3) is 7.16. The summed E-state index contributed by atoms with van der Waals surface area (Å²) in [6, 6.07) is 17.4. The Morgan fingerprint density at radius 3 is 2.55 bits per heavy atom. The van der Waals surface area contributed by atoms with Crippen LogP contribution in [0.3, 0.4) is 0 Å². The summed E-state index contributed by atoms with van der Waals surface area (Å²) in [5, 5.41) is 10.7. The normalized spacial score (nSPS) is 24.9. The van der Waals surface area contributed by atoms with Crippen LogP contribution in [0, 0.1) is 12.8 Å². The van der Waals surface area contributed by atoms with Crippen LogP contribution in [-0.4, -0.2) is 51.9 Å². The molecule has 2 heterocycles. The second kappa shape index (κ2) is 12.6. The molecule has 10 nitrogen and oxygen atoms in total. The highest BCUT2D eigenvalue weighted by Crippen LogP contribution is 2.51. The van der Waals surface area contributed by atoms with Crippen LogP contribution in [0.15, 0.2) is 76.4 Å². The Kier molecular flexibility index (Phi) is 9.43. The minimum atomic E-state index is -3.86. The van der Waals surface area contributed by atoms with Gasteiger partial charge in [-0.1, -0.05) is 49.4 Å². The highest BCUT2D eigenvalue weighted by atomic mass is 31.2. The van der Waals surface area contributed by atoms with Gasteiger partial charge < -0.3 is 19.1 Å². The van der Waals surface area contributed by atoms with Crippen LogP contribution in [0.25, 0.3) is 0 Å². The summed E-state index contributed by atoms with van der Waals surface area (Å²) in [7, 11) is -3.86. The van der Waals surface area contributed by atoms with Gasteiger partial charge in [0.15, 0.2) is 11.9 Å². The molecule has 0 aliphatic carbocycles. The number of benzene rings is 2. The second-order valence-corrected chi connectivity index (χ2v) is 12.2. The van der Waals surface area contributed by atoms with Gasteiger partial charge in [0.1, 0.15) is 18.0 Å². The highest BCUT2D eigenvalue weighted by molar-refractivity contribution is 7.54. The summed E-state index contributed by atoms with van der Waals surface area (Å²) >= 11 is 0. The van der Waals surface area contributed by atoms with Crippen molar-refractivity contribution in [3.05, 3.63) is 98.8 Å². The molecular formula is C28H34FN2O8P. The summed E-state index contributed by atoms with van der Waals surface area (Å²) in [5.74, 6) is 0.0756. The number of hydrogen-bond donors (Lipinski definition) is 2. The van der Waals surface area contributed by atoms with E-state index in [0.29, 0.717) is 12.4 Å². The molecule has 1 fully saturated rings. The van der Waals surface area contributed by atoms with Crippen molar-refractivity contribution in [1.82, 2.24) is 9.55 Å². The monoisotopic (exact) mass is 576 g/mol. The van der Waals surface area contributed by atoms with E-state index in [2.05, 4.69) is 0 Å². The number of aryl methyl sites for hydroxylation is 1. The minimum absolute atomic E-state index is 0.0197. The van der Waals surface area contributed by atoms with E-state index < -0.39 is 49.6 Å². The number of ether oxygens (including phenoxy) is 2. The van der Waals surface area contributed by atoms with Gasteiger partial charge in [0.25, 0.3) is 5.56 Å². The maximum atomic E-state index is 15.6. The number of nitrogens with zero attached hydrogens (tertiary/aromatic N) is 1. The lowest BCUT2D eigenvalue weighted by Crippen LogP contribution is -2.43. The van der Waals surface area contributed by atoms with E-state index in [9.17, 15) is 19.3 Å². The van der Waals surface area contributed by atoms with Gasteiger partial charge in [-0.25, -0.2) is 13.8 Å². The summed E-state index contributed by atoms with van der Waals surface area (Å²) in [6.07, 6.45) is -3.49. The maximum absolute atomic E-state index is 15.6. The zero-order valence-electron chi connectivity index (χ0n) is 22.6. The van der Waals surface area contributed by atoms with Crippen LogP contribution in [-0.2, 0) is 25.2 Å². The third-order valence-corrected chi connectivity index (χ3v) is 8.80. The molecule has 0 saturated carbocycles. The summed E-state index contributed by atoms with van der Waals surface area (Å²) in [6.45, 7) is 5.12. The molecule has 1 aliphatic heterocycles. The number of aromatic nitrogens is 2. The molecule has 2 N–H and O–H groups in total. The Labute approximate surface area is 231 Å². The molecule has 3 aromatic rings. The molecule has 1 saturated heterocycles. The van der Waals surface area contributed by atoms with E-state index in [0.717, 1.165) is 34.9 Å². The average Bonchev–Trinajstić information content (AvgIpc) is 3.12. The van der Waals surface area contributed by atoms with Crippen molar-refractivity contribution in [2.45, 2.75) is 51.5 Å². The zero-order valence-corrected chi connectivity index (χ0v) is 23.5. The van der Waals surface area contributed by atoms with Crippen LogP contribution in [0.2, 0.25) is 0 Å². The van der Waals surface area contributed by atoms with Crippen molar-refractivity contribution in [2.24, 2.45) is 5.92 Å². The number of halogens is 1. The molecule has 0 bridgehead atoms. The molecule has 1 unspecified atom stereocenters. The van der Waals surface area contributed by atoms with Gasteiger partial charge in [0, 0.05) is 12.3 Å². The van der Waals surface area contributed by atoms with E-state index in [1.54, 1.807) is 30.3 Å². The SMILES string of the molecule is Cc1ccccc1COC[C@@H](C)CP(=O)(OC[C@H]1O[C@@H](n2ccc(=O)[nH]c2=O)[C@@](C)(F)[C@H]1O)Oc1ccccc1. The average molecular weight is 577 g/mol. The van der Waals surface area contributed by atoms with Crippen LogP contribution >= 0.6 is 7.60 Å². The number of alkyl halides is 1. The number of aromatic amines is 1. The summed E-state index contributed by atoms with van der Waals surface area (Å²) < 4.78 is 53.4. The second-order valence-electron chi connectivity index (χ2n) is 10.2. The summed E-state index contributed by atoms with van der Waals surface area (Å²) in [5.41, 5.74) is -1.82. The number of aliphatic hydroxyl groups is 1. The number of hydrogen-bond acceptors (Lipinski definition) is 8. The van der Waals surface area contributed by atoms with Gasteiger partial charge in [-0.2, -0.15) is 0 Å². The maximum Gasteiger partial charge on any atom is 0.379 e. The van der Waals surface area contributed by atoms with E-state index in [-0.39, 0.29) is 18.7 Å². The lowest BCUT2D eigenvalue weighted by atomic mass is 9.98. The highest BCUT2D eigenvalue weighted by Gasteiger charge is 2.55. The van der Waals surface area contributed by atoms with Gasteiger partial charge in [0.2, 0.25) is 0 Å². The number of para-hydroxylation sites is 1. The molecule has 40 heavy (non-hydrogen) atoms. The molecule has 0 radical (unpaired) electrons. The van der Waals surface area contributed by atoms with Crippen LogP contribution in [0.4, 0.5) is 4.39 Å². The summed E-state index contributed by atoms with van der Waals surface area (Å²) in [4.78, 5) is 25.7. The van der Waals surface area contributed by atoms with E-state index in [4.69, 9.17) is 18.5 Å². The Hall–Kier alpha value is -3.08. The van der Waals surface area contributed by atoms with Crippen molar-refractivity contribution in [1.29, 1.82) is 0 Å². The van der Waals surface area contributed by atoms with Crippen molar-refractivity contribution >= 4 is 7.60 Å². The first kappa shape index (κ1) is 29.9. The Bertz CT molecular complexity index is 1440. The molecular weight excluding hydrogens is 542 g/mol. The molecule has 0 amide bonds. The predicted octanol–water partition coefficient (Wildman–Crippen LogP) is 3.97. The molecule has 216 valence electrons. The van der Waals surface area contributed by atoms with Gasteiger partial charge in [-0.05, 0) is 43.0 Å². The van der Waals surface area contributed by atoms with Gasteiger partial charge >= 0.3 is 13.3 Å². The minimum Gasteiger partial charge on any atom is -0.424 e. The lowest BCUT2D eigenvalue weighted by Gasteiger charge is -2.25. The molecule has 6 atom stereocenters. The Balaban J connectivity index is 1.44. The zero-order chi connectivity index (χ0) is 28.9. The number of H-pyrrole nitrogens is 1. The van der Waals surface area contributed by atoms with Crippen molar-refractivity contribution in [3.63, 3.8) is 0 Å². The molecule has 4 rings (SSSR count). The third-order valence-electron chi connectivity index (χ3n) is 6.70. The van der Waals surface area contributed by atoms with E-state index in [1.807, 2.05) is 43.1 Å². The van der Waals surface area contributed by atoms with Gasteiger partial charge in [-0.15, -0.1) is 0 Å². The first-order valence-corrected chi connectivity index (χ1v) is 14.7. The topological polar surface area (TPSA) is 129 Å². The van der Waals surface area contributed by atoms with Crippen molar-refractivity contribution < 1.29 is 32.6 Å². The predicted molar refractivity (Wildman–Crippen MR) is 146 cm³/mol. The standard InChI is InChI=1S/C28H34FN2O8P/c1-19(15-36-16-21-10-8-7-9-20(21)2)18-40(35,39-22-11-5-4-6-12-22)37-17-23-25(33)28(3,29)26(38-23)31-14-13-24(32)30-27(31)34/h4-14,19,23,25-26,33H,15-18H2,1-3H3,(H,30,32,34)/t19-,23-,25+,26-,28+,40?/m1/s1. The fraction of sp³-hybridized carbons (Fsp3) is 0.429. The molecule has 0 spiro atoms. The molecule has 1 aromatic heterocycles. The van der Waals surface area contributed by atoms with Crippen LogP contribution < -0.4 is 15.8 Å². The largest absolute Gasteiger partial charge is 0.424 e. The van der Waals surface area contributed by atoms with Crippen molar-refractivity contribution in [3.8, 4) is 5.75 Å². The van der Waals surface area contributed by atoms with E-state index in [1.165, 1.54) is 0 Å². The Morgan fingerprint density at radius 2 is 1.85 bits per heavy atom. The smallest absolute Gasteiger partial charge is 0.379 e. The van der Waals surface area contributed by atoms with Crippen LogP contribution in [0.1, 0.15) is 31.2 Å². The fourth-order valence-corrected chi connectivity index (χ4v) is 6.40.